The Morgan fingerprint density at radius 3 is 2.33 bits per heavy atom. The third-order valence-electron chi connectivity index (χ3n) is 2.51. The molecule has 0 bridgehead atoms. The topological polar surface area (TPSA) is 23.5 Å². The quantitative estimate of drug-likeness (QED) is 0.823. The van der Waals surface area contributed by atoms with Gasteiger partial charge in [0.25, 0.3) is 0 Å². The van der Waals surface area contributed by atoms with E-state index < -0.39 is 0 Å². The van der Waals surface area contributed by atoms with Crippen molar-refractivity contribution in [2.24, 2.45) is 0 Å². The first kappa shape index (κ1) is 12.1. The van der Waals surface area contributed by atoms with Gasteiger partial charge in [0.15, 0.2) is 0 Å². The number of aryl methyl sites for hydroxylation is 1. The van der Waals surface area contributed by atoms with E-state index in [2.05, 4.69) is 45.0 Å². The van der Waals surface area contributed by atoms with Crippen LogP contribution in [0.1, 0.15) is 36.5 Å². The van der Waals surface area contributed by atoms with Crippen molar-refractivity contribution in [2.75, 3.05) is 14.1 Å². The summed E-state index contributed by atoms with van der Waals surface area (Å²) in [7, 11) is 4.11. The maximum atomic E-state index is 9.91. The Kier molecular flexibility index (Phi) is 3.75. The Hall–Kier alpha value is -1.02. The van der Waals surface area contributed by atoms with E-state index in [1.807, 2.05) is 6.92 Å². The summed E-state index contributed by atoms with van der Waals surface area (Å²) in [5, 5.41) is 9.91. The van der Waals surface area contributed by atoms with Crippen molar-refractivity contribution >= 4 is 0 Å². The maximum absolute atomic E-state index is 9.91. The molecule has 1 aromatic carbocycles. The van der Waals surface area contributed by atoms with Crippen LogP contribution in [-0.2, 0) is 6.54 Å². The largest absolute Gasteiger partial charge is 0.507 e. The highest BCUT2D eigenvalue weighted by molar-refractivity contribution is 5.44. The zero-order chi connectivity index (χ0) is 11.6. The molecule has 0 saturated heterocycles. The van der Waals surface area contributed by atoms with Crippen LogP contribution in [0.4, 0.5) is 0 Å². The number of phenols is 1. The van der Waals surface area contributed by atoms with Gasteiger partial charge in [-0.25, -0.2) is 0 Å². The van der Waals surface area contributed by atoms with Crippen molar-refractivity contribution in [2.45, 2.75) is 33.2 Å². The summed E-state index contributed by atoms with van der Waals surface area (Å²) in [6.45, 7) is 7.09. The third-order valence-corrected chi connectivity index (χ3v) is 2.51. The van der Waals surface area contributed by atoms with Gasteiger partial charge in [-0.2, -0.15) is 0 Å². The number of rotatable bonds is 3. The van der Waals surface area contributed by atoms with Crippen LogP contribution in [-0.4, -0.2) is 24.1 Å². The standard InChI is InChI=1S/C13H21NO/c1-9(2)12-7-11(8-14(4)5)6-10(3)13(12)15/h6-7,9,15H,8H2,1-5H3. The predicted octanol–water partition coefficient (Wildman–Crippen LogP) is 2.89. The average Bonchev–Trinajstić information content (AvgIpc) is 2.09. The van der Waals surface area contributed by atoms with Crippen molar-refractivity contribution in [3.63, 3.8) is 0 Å². The molecule has 0 aromatic heterocycles. The summed E-state index contributed by atoms with van der Waals surface area (Å²) in [4.78, 5) is 2.13. The van der Waals surface area contributed by atoms with Crippen LogP contribution in [0.3, 0.4) is 0 Å². The molecule has 1 rings (SSSR count). The molecule has 0 heterocycles. The second-order valence-corrected chi connectivity index (χ2v) is 4.74. The highest BCUT2D eigenvalue weighted by Crippen LogP contribution is 2.30. The Morgan fingerprint density at radius 2 is 1.87 bits per heavy atom. The highest BCUT2D eigenvalue weighted by atomic mass is 16.3. The number of phenolic OH excluding ortho intramolecular Hbond substituents is 1. The van der Waals surface area contributed by atoms with Crippen LogP contribution in [0, 0.1) is 6.92 Å². The van der Waals surface area contributed by atoms with E-state index in [4.69, 9.17) is 0 Å². The molecule has 0 spiro atoms. The lowest BCUT2D eigenvalue weighted by molar-refractivity contribution is 0.401. The summed E-state index contributed by atoms with van der Waals surface area (Å²) >= 11 is 0. The van der Waals surface area contributed by atoms with Crippen LogP contribution in [0.15, 0.2) is 12.1 Å². The molecule has 2 nitrogen and oxygen atoms in total. The number of hydrogen-bond acceptors (Lipinski definition) is 2. The second kappa shape index (κ2) is 4.67. The van der Waals surface area contributed by atoms with Gasteiger partial charge in [-0.3, -0.25) is 0 Å². The van der Waals surface area contributed by atoms with Gasteiger partial charge in [0.05, 0.1) is 0 Å². The van der Waals surface area contributed by atoms with Crippen molar-refractivity contribution in [1.82, 2.24) is 4.90 Å². The SMILES string of the molecule is Cc1cc(CN(C)C)cc(C(C)C)c1O. The first-order valence-corrected chi connectivity index (χ1v) is 5.39. The number of aromatic hydroxyl groups is 1. The second-order valence-electron chi connectivity index (χ2n) is 4.74. The molecule has 1 N–H and O–H groups in total. The van der Waals surface area contributed by atoms with Gasteiger partial charge >= 0.3 is 0 Å². The van der Waals surface area contributed by atoms with Crippen LogP contribution >= 0.6 is 0 Å². The van der Waals surface area contributed by atoms with E-state index in [0.717, 1.165) is 17.7 Å². The lowest BCUT2D eigenvalue weighted by Gasteiger charge is -2.16. The molecule has 0 aliphatic rings. The number of nitrogens with zero attached hydrogens (tertiary/aromatic N) is 1. The molecular formula is C13H21NO. The van der Waals surface area contributed by atoms with Gasteiger partial charge in [0, 0.05) is 6.54 Å². The van der Waals surface area contributed by atoms with Crippen LogP contribution in [0.25, 0.3) is 0 Å². The lowest BCUT2D eigenvalue weighted by Crippen LogP contribution is -2.11. The summed E-state index contributed by atoms with van der Waals surface area (Å²) in [5.74, 6) is 0.818. The average molecular weight is 207 g/mol. The Morgan fingerprint density at radius 1 is 1.27 bits per heavy atom. The number of hydrogen-bond donors (Lipinski definition) is 1. The highest BCUT2D eigenvalue weighted by Gasteiger charge is 2.10. The summed E-state index contributed by atoms with van der Waals surface area (Å²) in [5.41, 5.74) is 3.28. The minimum atomic E-state index is 0.366. The Labute approximate surface area is 92.5 Å². The molecule has 1 aromatic rings. The van der Waals surface area contributed by atoms with Crippen molar-refractivity contribution in [3.05, 3.63) is 28.8 Å². The molecular weight excluding hydrogens is 186 g/mol. The molecule has 0 amide bonds. The molecule has 0 radical (unpaired) electrons. The first-order chi connectivity index (χ1) is 6.91. The van der Waals surface area contributed by atoms with Gasteiger partial charge < -0.3 is 10.0 Å². The third kappa shape index (κ3) is 2.96. The fourth-order valence-corrected chi connectivity index (χ4v) is 1.78. The van der Waals surface area contributed by atoms with E-state index in [9.17, 15) is 5.11 Å². The Balaban J connectivity index is 3.11. The molecule has 0 unspecified atom stereocenters. The van der Waals surface area contributed by atoms with E-state index in [1.54, 1.807) is 0 Å². The number of benzene rings is 1. The van der Waals surface area contributed by atoms with Gasteiger partial charge in [0.1, 0.15) is 5.75 Å². The van der Waals surface area contributed by atoms with Crippen molar-refractivity contribution in [1.29, 1.82) is 0 Å². The van der Waals surface area contributed by atoms with E-state index >= 15 is 0 Å². The van der Waals surface area contributed by atoms with Gasteiger partial charge in [-0.15, -0.1) is 0 Å². The predicted molar refractivity (Wildman–Crippen MR) is 64.3 cm³/mol. The first-order valence-electron chi connectivity index (χ1n) is 5.39. The summed E-state index contributed by atoms with van der Waals surface area (Å²) in [6.07, 6.45) is 0. The monoisotopic (exact) mass is 207 g/mol. The fraction of sp³-hybridized carbons (Fsp3) is 0.538. The van der Waals surface area contributed by atoms with E-state index in [0.29, 0.717) is 11.7 Å². The summed E-state index contributed by atoms with van der Waals surface area (Å²) in [6, 6.07) is 4.16. The van der Waals surface area contributed by atoms with Crippen LogP contribution in [0.2, 0.25) is 0 Å². The smallest absolute Gasteiger partial charge is 0.121 e. The molecule has 2 heteroatoms. The molecule has 84 valence electrons. The van der Waals surface area contributed by atoms with Gasteiger partial charge in [-0.05, 0) is 43.6 Å². The van der Waals surface area contributed by atoms with E-state index in [1.165, 1.54) is 5.56 Å². The van der Waals surface area contributed by atoms with Crippen LogP contribution in [0.5, 0.6) is 5.75 Å². The van der Waals surface area contributed by atoms with Crippen molar-refractivity contribution < 1.29 is 5.11 Å². The van der Waals surface area contributed by atoms with Crippen LogP contribution < -0.4 is 0 Å². The lowest BCUT2D eigenvalue weighted by atomic mass is 9.96. The molecule has 0 aliphatic carbocycles. The van der Waals surface area contributed by atoms with Gasteiger partial charge in [0.2, 0.25) is 0 Å². The molecule has 0 atom stereocenters. The maximum Gasteiger partial charge on any atom is 0.121 e. The molecule has 0 fully saturated rings. The summed E-state index contributed by atoms with van der Waals surface area (Å²) < 4.78 is 0. The normalized spacial score (nSPS) is 11.4. The van der Waals surface area contributed by atoms with Crippen molar-refractivity contribution in [3.8, 4) is 5.75 Å². The fourth-order valence-electron chi connectivity index (χ4n) is 1.78. The minimum Gasteiger partial charge on any atom is -0.507 e. The minimum absolute atomic E-state index is 0.366. The molecule has 0 saturated carbocycles. The van der Waals surface area contributed by atoms with E-state index in [-0.39, 0.29) is 0 Å². The molecule has 0 aliphatic heterocycles. The molecule has 15 heavy (non-hydrogen) atoms. The van der Waals surface area contributed by atoms with Gasteiger partial charge in [-0.1, -0.05) is 26.0 Å². The zero-order valence-electron chi connectivity index (χ0n) is 10.3. The Bertz CT molecular complexity index is 343. The zero-order valence-corrected chi connectivity index (χ0v) is 10.3.